The maximum absolute atomic E-state index is 5.45. The highest BCUT2D eigenvalue weighted by molar-refractivity contribution is 5.80. The Kier molecular flexibility index (Phi) is 3.95. The number of rotatable bonds is 4. The Morgan fingerprint density at radius 3 is 1.68 bits per heavy atom. The minimum absolute atomic E-state index is 0.788. The van der Waals surface area contributed by atoms with Crippen LogP contribution in [0.15, 0.2) is 36.4 Å². The van der Waals surface area contributed by atoms with Crippen LogP contribution in [0, 0.1) is 6.92 Å². The SMILES string of the molecule is COc1cccc(-c2c(OC)cccc2OC)c1C. The molecule has 0 saturated heterocycles. The fourth-order valence-electron chi connectivity index (χ4n) is 2.22. The number of ether oxygens (including phenoxy) is 3. The summed E-state index contributed by atoms with van der Waals surface area (Å²) in [5, 5.41) is 0. The highest BCUT2D eigenvalue weighted by Gasteiger charge is 2.15. The molecule has 0 N–H and O–H groups in total. The Morgan fingerprint density at radius 1 is 0.684 bits per heavy atom. The minimum Gasteiger partial charge on any atom is -0.496 e. The van der Waals surface area contributed by atoms with Gasteiger partial charge in [0.2, 0.25) is 0 Å². The van der Waals surface area contributed by atoms with E-state index in [0.29, 0.717) is 0 Å². The van der Waals surface area contributed by atoms with E-state index in [9.17, 15) is 0 Å². The van der Waals surface area contributed by atoms with E-state index in [1.54, 1.807) is 21.3 Å². The molecule has 0 spiro atoms. The monoisotopic (exact) mass is 258 g/mol. The second-order valence-corrected chi connectivity index (χ2v) is 4.17. The topological polar surface area (TPSA) is 27.7 Å². The first-order valence-electron chi connectivity index (χ1n) is 6.08. The van der Waals surface area contributed by atoms with Gasteiger partial charge in [0.05, 0.1) is 26.9 Å². The van der Waals surface area contributed by atoms with Crippen LogP contribution in [-0.4, -0.2) is 21.3 Å². The summed E-state index contributed by atoms with van der Waals surface area (Å²) in [7, 11) is 4.99. The molecule has 19 heavy (non-hydrogen) atoms. The molecule has 0 aliphatic carbocycles. The molecule has 0 aliphatic rings. The third-order valence-corrected chi connectivity index (χ3v) is 3.20. The second-order valence-electron chi connectivity index (χ2n) is 4.17. The molecule has 2 aromatic carbocycles. The van der Waals surface area contributed by atoms with E-state index in [0.717, 1.165) is 33.9 Å². The maximum Gasteiger partial charge on any atom is 0.130 e. The highest BCUT2D eigenvalue weighted by Crippen LogP contribution is 2.41. The Hall–Kier alpha value is -2.16. The van der Waals surface area contributed by atoms with Gasteiger partial charge < -0.3 is 14.2 Å². The molecule has 3 nitrogen and oxygen atoms in total. The molecule has 0 amide bonds. The third kappa shape index (κ3) is 2.36. The molecule has 0 bridgehead atoms. The van der Waals surface area contributed by atoms with Crippen molar-refractivity contribution in [2.75, 3.05) is 21.3 Å². The third-order valence-electron chi connectivity index (χ3n) is 3.20. The van der Waals surface area contributed by atoms with Crippen LogP contribution in [0.25, 0.3) is 11.1 Å². The van der Waals surface area contributed by atoms with Crippen LogP contribution in [-0.2, 0) is 0 Å². The zero-order chi connectivity index (χ0) is 13.8. The van der Waals surface area contributed by atoms with Crippen LogP contribution in [0.3, 0.4) is 0 Å². The van der Waals surface area contributed by atoms with E-state index in [2.05, 4.69) is 0 Å². The van der Waals surface area contributed by atoms with Crippen LogP contribution >= 0.6 is 0 Å². The Labute approximate surface area is 113 Å². The lowest BCUT2D eigenvalue weighted by atomic mass is 9.98. The summed E-state index contributed by atoms with van der Waals surface area (Å²) >= 11 is 0. The summed E-state index contributed by atoms with van der Waals surface area (Å²) in [5.74, 6) is 2.43. The van der Waals surface area contributed by atoms with Gasteiger partial charge in [-0.25, -0.2) is 0 Å². The van der Waals surface area contributed by atoms with Gasteiger partial charge in [0, 0.05) is 0 Å². The van der Waals surface area contributed by atoms with Crippen molar-refractivity contribution in [2.24, 2.45) is 0 Å². The van der Waals surface area contributed by atoms with Gasteiger partial charge in [-0.05, 0) is 36.2 Å². The average Bonchev–Trinajstić information content (AvgIpc) is 2.46. The predicted molar refractivity (Wildman–Crippen MR) is 76.3 cm³/mol. The molecular formula is C16H18O3. The van der Waals surface area contributed by atoms with E-state index in [4.69, 9.17) is 14.2 Å². The summed E-state index contributed by atoms with van der Waals surface area (Å²) in [6, 6.07) is 11.7. The van der Waals surface area contributed by atoms with Gasteiger partial charge in [0.25, 0.3) is 0 Å². The normalized spacial score (nSPS) is 10.1. The maximum atomic E-state index is 5.45. The van der Waals surface area contributed by atoms with Gasteiger partial charge in [0.1, 0.15) is 17.2 Å². The van der Waals surface area contributed by atoms with Crippen molar-refractivity contribution in [2.45, 2.75) is 6.92 Å². The van der Waals surface area contributed by atoms with Crippen molar-refractivity contribution in [1.29, 1.82) is 0 Å². The van der Waals surface area contributed by atoms with E-state index >= 15 is 0 Å². The summed E-state index contributed by atoms with van der Waals surface area (Å²) < 4.78 is 16.3. The molecule has 0 aromatic heterocycles. The molecule has 100 valence electrons. The molecule has 0 aliphatic heterocycles. The van der Waals surface area contributed by atoms with Gasteiger partial charge in [-0.15, -0.1) is 0 Å². The Balaban J connectivity index is 2.71. The van der Waals surface area contributed by atoms with Crippen LogP contribution < -0.4 is 14.2 Å². The zero-order valence-electron chi connectivity index (χ0n) is 11.7. The van der Waals surface area contributed by atoms with E-state index < -0.39 is 0 Å². The second kappa shape index (κ2) is 5.65. The number of hydrogen-bond acceptors (Lipinski definition) is 3. The first kappa shape index (κ1) is 13.3. The molecule has 0 radical (unpaired) electrons. The number of hydrogen-bond donors (Lipinski definition) is 0. The van der Waals surface area contributed by atoms with Crippen LogP contribution in [0.1, 0.15) is 5.56 Å². The number of methoxy groups -OCH3 is 3. The molecule has 2 rings (SSSR count). The fourth-order valence-corrected chi connectivity index (χ4v) is 2.22. The minimum atomic E-state index is 0.788. The first-order chi connectivity index (χ1) is 9.22. The first-order valence-corrected chi connectivity index (χ1v) is 6.08. The van der Waals surface area contributed by atoms with Gasteiger partial charge >= 0.3 is 0 Å². The van der Waals surface area contributed by atoms with E-state index in [-0.39, 0.29) is 0 Å². The lowest BCUT2D eigenvalue weighted by Crippen LogP contribution is -1.96. The van der Waals surface area contributed by atoms with Crippen molar-refractivity contribution >= 4 is 0 Å². The van der Waals surface area contributed by atoms with Gasteiger partial charge in [-0.2, -0.15) is 0 Å². The average molecular weight is 258 g/mol. The van der Waals surface area contributed by atoms with Gasteiger partial charge in [0.15, 0.2) is 0 Å². The molecule has 2 aromatic rings. The highest BCUT2D eigenvalue weighted by atomic mass is 16.5. The van der Waals surface area contributed by atoms with Crippen molar-refractivity contribution < 1.29 is 14.2 Å². The smallest absolute Gasteiger partial charge is 0.130 e. The predicted octanol–water partition coefficient (Wildman–Crippen LogP) is 3.69. The van der Waals surface area contributed by atoms with Gasteiger partial charge in [-0.1, -0.05) is 18.2 Å². The molecule has 0 atom stereocenters. The lowest BCUT2D eigenvalue weighted by molar-refractivity contribution is 0.397. The summed E-state index contributed by atoms with van der Waals surface area (Å²) in [6.07, 6.45) is 0. The van der Waals surface area contributed by atoms with Crippen molar-refractivity contribution in [3.8, 4) is 28.4 Å². The van der Waals surface area contributed by atoms with Crippen LogP contribution in [0.2, 0.25) is 0 Å². The standard InChI is InChI=1S/C16H18O3/c1-11-12(7-5-8-13(11)17-2)16-14(18-3)9-6-10-15(16)19-4/h5-10H,1-4H3. The molecule has 0 unspecified atom stereocenters. The lowest BCUT2D eigenvalue weighted by Gasteiger charge is -2.16. The van der Waals surface area contributed by atoms with Crippen LogP contribution in [0.5, 0.6) is 17.2 Å². The van der Waals surface area contributed by atoms with Gasteiger partial charge in [-0.3, -0.25) is 0 Å². The summed E-state index contributed by atoms with van der Waals surface area (Å²) in [4.78, 5) is 0. The van der Waals surface area contributed by atoms with Crippen molar-refractivity contribution in [1.82, 2.24) is 0 Å². The summed E-state index contributed by atoms with van der Waals surface area (Å²) in [6.45, 7) is 2.03. The quantitative estimate of drug-likeness (QED) is 0.837. The molecule has 3 heteroatoms. The molecular weight excluding hydrogens is 240 g/mol. The van der Waals surface area contributed by atoms with Crippen molar-refractivity contribution in [3.63, 3.8) is 0 Å². The molecule has 0 saturated carbocycles. The fraction of sp³-hybridized carbons (Fsp3) is 0.250. The molecule has 0 fully saturated rings. The van der Waals surface area contributed by atoms with E-state index in [1.807, 2.05) is 43.3 Å². The Bertz CT molecular complexity index is 554. The zero-order valence-corrected chi connectivity index (χ0v) is 11.7. The Morgan fingerprint density at radius 2 is 1.16 bits per heavy atom. The molecule has 0 heterocycles. The summed E-state index contributed by atoms with van der Waals surface area (Å²) in [5.41, 5.74) is 3.06. The largest absolute Gasteiger partial charge is 0.496 e. The van der Waals surface area contributed by atoms with E-state index in [1.165, 1.54) is 0 Å². The van der Waals surface area contributed by atoms with Crippen molar-refractivity contribution in [3.05, 3.63) is 42.0 Å². The number of benzene rings is 2. The van der Waals surface area contributed by atoms with Crippen LogP contribution in [0.4, 0.5) is 0 Å².